The van der Waals surface area contributed by atoms with Gasteiger partial charge >= 0.3 is 0 Å². The number of nitrogen functional groups attached to an aromatic ring is 1. The van der Waals surface area contributed by atoms with Crippen molar-refractivity contribution in [3.8, 4) is 0 Å². The minimum atomic E-state index is -3.91. The van der Waals surface area contributed by atoms with E-state index in [4.69, 9.17) is 40.5 Å². The lowest BCUT2D eigenvalue weighted by Crippen LogP contribution is -2.15. The van der Waals surface area contributed by atoms with Gasteiger partial charge in [-0.25, -0.2) is 8.42 Å². The molecule has 0 saturated heterocycles. The van der Waals surface area contributed by atoms with Crippen molar-refractivity contribution in [3.63, 3.8) is 0 Å². The molecule has 4 nitrogen and oxygen atoms in total. The highest BCUT2D eigenvalue weighted by atomic mass is 35.5. The second-order valence-corrected chi connectivity index (χ2v) is 7.29. The van der Waals surface area contributed by atoms with Crippen LogP contribution in [0.5, 0.6) is 0 Å². The van der Waals surface area contributed by atoms with E-state index in [9.17, 15) is 8.42 Å². The predicted octanol–water partition coefficient (Wildman–Crippen LogP) is 4.34. The van der Waals surface area contributed by atoms with Gasteiger partial charge in [-0.3, -0.25) is 4.72 Å². The first-order valence-corrected chi connectivity index (χ1v) is 8.36. The van der Waals surface area contributed by atoms with Crippen LogP contribution in [0.2, 0.25) is 15.1 Å². The summed E-state index contributed by atoms with van der Waals surface area (Å²) in [5, 5.41) is 0.506. The van der Waals surface area contributed by atoms with Gasteiger partial charge in [0.25, 0.3) is 10.0 Å². The molecular weight excluding hydrogens is 355 g/mol. The largest absolute Gasteiger partial charge is 0.398 e. The van der Waals surface area contributed by atoms with Gasteiger partial charge in [0.05, 0.1) is 21.4 Å². The summed E-state index contributed by atoms with van der Waals surface area (Å²) in [7, 11) is -3.91. The Balaban J connectivity index is 2.47. The Hall–Kier alpha value is -1.14. The second-order valence-electron chi connectivity index (χ2n) is 4.39. The van der Waals surface area contributed by atoms with E-state index in [0.717, 1.165) is 5.56 Å². The first kappa shape index (κ1) is 16.2. The third kappa shape index (κ3) is 3.55. The molecule has 0 saturated carbocycles. The standard InChI is InChI=1S/C13H11Cl3N2O2S/c1-7-2-3-12(11(17)4-7)21(19,20)18-13-9(15)5-8(14)6-10(13)16/h2-6,18H,17H2,1H3. The molecule has 0 radical (unpaired) electrons. The van der Waals surface area contributed by atoms with Crippen molar-refractivity contribution < 1.29 is 8.42 Å². The fraction of sp³-hybridized carbons (Fsp3) is 0.0769. The fourth-order valence-corrected chi connectivity index (χ4v) is 3.98. The zero-order valence-corrected chi connectivity index (χ0v) is 13.9. The van der Waals surface area contributed by atoms with Gasteiger partial charge in [-0.1, -0.05) is 40.9 Å². The zero-order chi connectivity index (χ0) is 15.8. The summed E-state index contributed by atoms with van der Waals surface area (Å²) in [5.41, 5.74) is 6.81. The van der Waals surface area contributed by atoms with Crippen molar-refractivity contribution in [2.75, 3.05) is 10.5 Å². The van der Waals surface area contributed by atoms with Crippen LogP contribution in [0, 0.1) is 6.92 Å². The lowest BCUT2D eigenvalue weighted by atomic mass is 10.2. The van der Waals surface area contributed by atoms with E-state index in [0.29, 0.717) is 5.02 Å². The van der Waals surface area contributed by atoms with Crippen molar-refractivity contribution in [2.24, 2.45) is 0 Å². The lowest BCUT2D eigenvalue weighted by Gasteiger charge is -2.13. The van der Waals surface area contributed by atoms with E-state index in [1.165, 1.54) is 18.2 Å². The summed E-state index contributed by atoms with van der Waals surface area (Å²) in [6, 6.07) is 7.43. The Morgan fingerprint density at radius 3 is 2.14 bits per heavy atom. The van der Waals surface area contributed by atoms with Crippen LogP contribution in [0.15, 0.2) is 35.2 Å². The van der Waals surface area contributed by atoms with Gasteiger partial charge in [0, 0.05) is 5.02 Å². The molecule has 0 heterocycles. The summed E-state index contributed by atoms with van der Waals surface area (Å²) in [6.07, 6.45) is 0. The molecule has 2 aromatic carbocycles. The summed E-state index contributed by atoms with van der Waals surface area (Å²) in [5.74, 6) is 0. The van der Waals surface area contributed by atoms with E-state index in [-0.39, 0.29) is 26.3 Å². The molecule has 112 valence electrons. The average molecular weight is 366 g/mol. The molecule has 0 aliphatic carbocycles. The van der Waals surface area contributed by atoms with Crippen LogP contribution >= 0.6 is 34.8 Å². The molecule has 8 heteroatoms. The van der Waals surface area contributed by atoms with Gasteiger partial charge in [0.15, 0.2) is 0 Å². The van der Waals surface area contributed by atoms with Crippen LogP contribution in [0.3, 0.4) is 0 Å². The fourth-order valence-electron chi connectivity index (χ4n) is 1.74. The Labute approximate surface area is 137 Å². The van der Waals surface area contributed by atoms with E-state index < -0.39 is 10.0 Å². The predicted molar refractivity (Wildman–Crippen MR) is 87.9 cm³/mol. The SMILES string of the molecule is Cc1ccc(S(=O)(=O)Nc2c(Cl)cc(Cl)cc2Cl)c(N)c1. The van der Waals surface area contributed by atoms with E-state index in [2.05, 4.69) is 4.72 Å². The maximum atomic E-state index is 12.4. The number of nitrogens with one attached hydrogen (secondary N) is 1. The number of nitrogens with two attached hydrogens (primary N) is 1. The smallest absolute Gasteiger partial charge is 0.264 e. The molecule has 0 amide bonds. The van der Waals surface area contributed by atoms with Gasteiger partial charge in [-0.05, 0) is 36.8 Å². The van der Waals surface area contributed by atoms with E-state index in [1.807, 2.05) is 6.92 Å². The highest BCUT2D eigenvalue weighted by Gasteiger charge is 2.20. The normalized spacial score (nSPS) is 11.4. The quantitative estimate of drug-likeness (QED) is 0.795. The molecular formula is C13H11Cl3N2O2S. The lowest BCUT2D eigenvalue weighted by molar-refractivity contribution is 0.601. The molecule has 0 bridgehead atoms. The molecule has 2 rings (SSSR count). The van der Waals surface area contributed by atoms with Gasteiger partial charge in [0.1, 0.15) is 4.90 Å². The monoisotopic (exact) mass is 364 g/mol. The number of anilines is 2. The second kappa shape index (κ2) is 5.93. The molecule has 0 atom stereocenters. The molecule has 0 aromatic heterocycles. The topological polar surface area (TPSA) is 72.2 Å². The number of halogens is 3. The van der Waals surface area contributed by atoms with Crippen LogP contribution in [-0.2, 0) is 10.0 Å². The first-order chi connectivity index (χ1) is 9.70. The van der Waals surface area contributed by atoms with Crippen LogP contribution in [0.1, 0.15) is 5.56 Å². The van der Waals surface area contributed by atoms with Crippen LogP contribution in [0.25, 0.3) is 0 Å². The average Bonchev–Trinajstić information content (AvgIpc) is 2.33. The molecule has 0 aliphatic heterocycles. The Morgan fingerprint density at radius 2 is 1.62 bits per heavy atom. The molecule has 2 aromatic rings. The number of hydrogen-bond donors (Lipinski definition) is 2. The Kier molecular flexibility index (Phi) is 4.58. The third-order valence-corrected chi connectivity index (χ3v) is 4.94. The summed E-state index contributed by atoms with van der Waals surface area (Å²) in [4.78, 5) is -0.0461. The van der Waals surface area contributed by atoms with Crippen LogP contribution in [-0.4, -0.2) is 8.42 Å². The number of hydrogen-bond acceptors (Lipinski definition) is 3. The van der Waals surface area contributed by atoms with Gasteiger partial charge < -0.3 is 5.73 Å². The molecule has 21 heavy (non-hydrogen) atoms. The van der Waals surface area contributed by atoms with Crippen LogP contribution in [0.4, 0.5) is 11.4 Å². The van der Waals surface area contributed by atoms with Gasteiger partial charge in [-0.2, -0.15) is 0 Å². The highest BCUT2D eigenvalue weighted by molar-refractivity contribution is 7.93. The highest BCUT2D eigenvalue weighted by Crippen LogP contribution is 2.35. The number of rotatable bonds is 3. The molecule has 0 fully saturated rings. The first-order valence-electron chi connectivity index (χ1n) is 5.74. The van der Waals surface area contributed by atoms with E-state index >= 15 is 0 Å². The number of benzene rings is 2. The van der Waals surface area contributed by atoms with Crippen molar-refractivity contribution >= 4 is 56.2 Å². The number of sulfonamides is 1. The van der Waals surface area contributed by atoms with Crippen molar-refractivity contribution in [2.45, 2.75) is 11.8 Å². The van der Waals surface area contributed by atoms with Gasteiger partial charge in [0.2, 0.25) is 0 Å². The summed E-state index contributed by atoms with van der Waals surface area (Å²) in [6.45, 7) is 1.81. The molecule has 0 spiro atoms. The van der Waals surface area contributed by atoms with Crippen LogP contribution < -0.4 is 10.5 Å². The van der Waals surface area contributed by atoms with Crippen molar-refractivity contribution in [1.82, 2.24) is 0 Å². The summed E-state index contributed by atoms with van der Waals surface area (Å²) >= 11 is 17.7. The minimum Gasteiger partial charge on any atom is -0.398 e. The number of aryl methyl sites for hydroxylation is 1. The molecule has 0 aliphatic rings. The molecule has 3 N–H and O–H groups in total. The van der Waals surface area contributed by atoms with Gasteiger partial charge in [-0.15, -0.1) is 0 Å². The van der Waals surface area contributed by atoms with Crippen molar-refractivity contribution in [1.29, 1.82) is 0 Å². The Bertz CT molecular complexity index is 784. The minimum absolute atomic E-state index is 0.0461. The Morgan fingerprint density at radius 1 is 1.05 bits per heavy atom. The zero-order valence-electron chi connectivity index (χ0n) is 10.8. The maximum absolute atomic E-state index is 12.4. The van der Waals surface area contributed by atoms with E-state index in [1.54, 1.807) is 12.1 Å². The third-order valence-electron chi connectivity index (χ3n) is 2.70. The molecule has 0 unspecified atom stereocenters. The van der Waals surface area contributed by atoms with Crippen molar-refractivity contribution in [3.05, 3.63) is 51.0 Å². The summed E-state index contributed by atoms with van der Waals surface area (Å²) < 4.78 is 27.1. The maximum Gasteiger partial charge on any atom is 0.264 e.